The minimum Gasteiger partial charge on any atom is -0.487 e. The predicted molar refractivity (Wildman–Crippen MR) is 165 cm³/mol. The second-order valence-electron chi connectivity index (χ2n) is 10.8. The summed E-state index contributed by atoms with van der Waals surface area (Å²) in [5.41, 5.74) is 0.598. The van der Waals surface area contributed by atoms with Gasteiger partial charge in [0, 0.05) is 36.2 Å². The topological polar surface area (TPSA) is 92.3 Å². The van der Waals surface area contributed by atoms with Gasteiger partial charge in [-0.05, 0) is 35.2 Å². The van der Waals surface area contributed by atoms with Crippen molar-refractivity contribution in [1.29, 1.82) is 0 Å². The van der Waals surface area contributed by atoms with Crippen LogP contribution in [0.2, 0.25) is 5.02 Å². The molecule has 2 fully saturated rings. The highest BCUT2D eigenvalue weighted by molar-refractivity contribution is 9.10. The van der Waals surface area contributed by atoms with Crippen molar-refractivity contribution >= 4 is 37.6 Å². The Balaban J connectivity index is 1.45. The maximum atomic E-state index is 14.6. The molecule has 42 heavy (non-hydrogen) atoms. The number of hydrogen-bond acceptors (Lipinski definition) is 6. The van der Waals surface area contributed by atoms with Gasteiger partial charge in [0.25, 0.3) is 0 Å². The van der Waals surface area contributed by atoms with Crippen LogP contribution < -0.4 is 4.74 Å². The number of sulfonamides is 1. The summed E-state index contributed by atoms with van der Waals surface area (Å²) < 4.78 is 43.7. The summed E-state index contributed by atoms with van der Waals surface area (Å²) in [6, 6.07) is 28.0. The number of epoxide rings is 1. The maximum absolute atomic E-state index is 14.6. The Kier molecular flexibility index (Phi) is 8.17. The zero-order valence-electron chi connectivity index (χ0n) is 22.8. The van der Waals surface area contributed by atoms with Crippen LogP contribution in [-0.4, -0.2) is 47.3 Å². The highest BCUT2D eigenvalue weighted by Gasteiger charge is 2.70. The number of halogens is 2. The van der Waals surface area contributed by atoms with Gasteiger partial charge in [0.05, 0.1) is 11.1 Å². The minimum atomic E-state index is -4.15. The van der Waals surface area contributed by atoms with E-state index < -0.39 is 32.9 Å². The molecule has 10 heteroatoms. The number of hydrogen-bond donors (Lipinski definition) is 1. The van der Waals surface area contributed by atoms with Gasteiger partial charge in [0.2, 0.25) is 10.0 Å². The number of fused-ring (bicyclic) bond motifs is 1. The first-order valence-electron chi connectivity index (χ1n) is 13.6. The van der Waals surface area contributed by atoms with Crippen LogP contribution in [0.15, 0.2) is 102 Å². The van der Waals surface area contributed by atoms with Gasteiger partial charge >= 0.3 is 0 Å². The minimum absolute atomic E-state index is 0.0961. The van der Waals surface area contributed by atoms with Crippen molar-refractivity contribution in [3.8, 4) is 5.75 Å². The quantitative estimate of drug-likeness (QED) is 0.218. The van der Waals surface area contributed by atoms with E-state index in [1.54, 1.807) is 13.1 Å². The Hall–Kier alpha value is -2.79. The van der Waals surface area contributed by atoms with E-state index in [1.165, 1.54) is 10.5 Å². The zero-order valence-corrected chi connectivity index (χ0v) is 26.0. The fraction of sp³-hybridized carbons (Fsp3) is 0.281. The third-order valence-corrected chi connectivity index (χ3v) is 11.1. The van der Waals surface area contributed by atoms with Crippen LogP contribution in [0.3, 0.4) is 0 Å². The van der Waals surface area contributed by atoms with Crippen LogP contribution in [0, 0.1) is 0 Å². The lowest BCUT2D eigenvalue weighted by atomic mass is 9.72. The van der Waals surface area contributed by atoms with Crippen LogP contribution in [0.25, 0.3) is 0 Å². The lowest BCUT2D eigenvalue weighted by Gasteiger charge is -2.43. The second-order valence-corrected chi connectivity index (χ2v) is 14.3. The number of benzene rings is 3. The van der Waals surface area contributed by atoms with E-state index in [1.807, 2.05) is 84.9 Å². The lowest BCUT2D eigenvalue weighted by Crippen LogP contribution is -2.58. The molecule has 218 valence electrons. The number of ether oxygens (including phenoxy) is 2. The standard InChI is InChI=1S/C32H30BrClN2O5S/c1-36(19-21-8-4-2-5-9-21)42(38,39)31-26(23-10-6-3-7-11-23)17-28-30(41-28)32(31,37)29-27(16-25(34)18-35-29)40-20-22-12-14-24(33)15-13-22/h2-16,18,26,28,30-31,37H,17,19-20H2,1H3/t26-,28?,30+,31+,32-/m1/s1. The molecule has 2 heterocycles. The van der Waals surface area contributed by atoms with Crippen LogP contribution in [0.4, 0.5) is 0 Å². The Bertz CT molecular complexity index is 1660. The van der Waals surface area contributed by atoms with E-state index in [2.05, 4.69) is 20.9 Å². The third-order valence-electron chi connectivity index (χ3n) is 8.04. The van der Waals surface area contributed by atoms with E-state index in [4.69, 9.17) is 21.1 Å². The largest absolute Gasteiger partial charge is 0.487 e. The summed E-state index contributed by atoms with van der Waals surface area (Å²) in [5.74, 6) is -0.359. The number of aromatic nitrogens is 1. The average molecular weight is 670 g/mol. The summed E-state index contributed by atoms with van der Waals surface area (Å²) in [6.45, 7) is 0.313. The molecule has 1 aliphatic carbocycles. The molecule has 0 radical (unpaired) electrons. The van der Waals surface area contributed by atoms with E-state index in [0.717, 1.165) is 21.2 Å². The fourth-order valence-corrected chi connectivity index (χ4v) is 8.48. The number of nitrogens with zero attached hydrogens (tertiary/aromatic N) is 2. The Morgan fingerprint density at radius 1 is 1.05 bits per heavy atom. The molecule has 2 aliphatic rings. The molecule has 0 spiro atoms. The summed E-state index contributed by atoms with van der Waals surface area (Å²) in [7, 11) is -2.60. The van der Waals surface area contributed by atoms with Gasteiger partial charge < -0.3 is 14.6 Å². The molecule has 4 aromatic rings. The summed E-state index contributed by atoms with van der Waals surface area (Å²) >= 11 is 9.79. The molecule has 1 N–H and O–H groups in total. The van der Waals surface area contributed by atoms with E-state index in [9.17, 15) is 13.5 Å². The van der Waals surface area contributed by atoms with Crippen LogP contribution in [0.1, 0.15) is 34.7 Å². The van der Waals surface area contributed by atoms with Crippen molar-refractivity contribution in [2.45, 2.75) is 48.5 Å². The molecule has 1 unspecified atom stereocenters. The zero-order chi connectivity index (χ0) is 29.5. The monoisotopic (exact) mass is 668 g/mol. The molecule has 7 nitrogen and oxygen atoms in total. The fourth-order valence-electron chi connectivity index (χ4n) is 5.96. The third kappa shape index (κ3) is 5.62. The van der Waals surface area contributed by atoms with Gasteiger partial charge in [-0.2, -0.15) is 0 Å². The molecular formula is C32H30BrClN2O5S. The first-order chi connectivity index (χ1) is 20.2. The molecule has 1 aromatic heterocycles. The van der Waals surface area contributed by atoms with Crippen LogP contribution >= 0.6 is 27.5 Å². The second kappa shape index (κ2) is 11.7. The van der Waals surface area contributed by atoms with Gasteiger partial charge in [-0.25, -0.2) is 12.7 Å². The van der Waals surface area contributed by atoms with E-state index in [0.29, 0.717) is 11.4 Å². The molecule has 5 atom stereocenters. The molecule has 1 saturated heterocycles. The first kappa shape index (κ1) is 29.3. The average Bonchev–Trinajstić information content (AvgIpc) is 3.78. The smallest absolute Gasteiger partial charge is 0.221 e. The number of aliphatic hydroxyl groups is 1. The Morgan fingerprint density at radius 2 is 1.71 bits per heavy atom. The van der Waals surface area contributed by atoms with Crippen molar-refractivity contribution in [1.82, 2.24) is 9.29 Å². The summed E-state index contributed by atoms with van der Waals surface area (Å²) in [4.78, 5) is 4.53. The van der Waals surface area contributed by atoms with Crippen molar-refractivity contribution in [2.24, 2.45) is 0 Å². The molecule has 1 aliphatic heterocycles. The van der Waals surface area contributed by atoms with Crippen LogP contribution in [0.5, 0.6) is 5.75 Å². The molecular weight excluding hydrogens is 640 g/mol. The van der Waals surface area contributed by atoms with Crippen LogP contribution in [-0.2, 0) is 33.5 Å². The first-order valence-corrected chi connectivity index (χ1v) is 16.3. The van der Waals surface area contributed by atoms with Gasteiger partial charge in [-0.15, -0.1) is 0 Å². The van der Waals surface area contributed by atoms with Gasteiger partial charge in [0.15, 0.2) is 5.60 Å². The summed E-state index contributed by atoms with van der Waals surface area (Å²) in [5, 5.41) is 11.8. The lowest BCUT2D eigenvalue weighted by molar-refractivity contribution is -0.0149. The highest BCUT2D eigenvalue weighted by Crippen LogP contribution is 2.57. The number of pyridine rings is 1. The molecule has 6 rings (SSSR count). The summed E-state index contributed by atoms with van der Waals surface area (Å²) in [6.07, 6.45) is 0.749. The predicted octanol–water partition coefficient (Wildman–Crippen LogP) is 6.05. The van der Waals surface area contributed by atoms with E-state index in [-0.39, 0.29) is 30.7 Å². The van der Waals surface area contributed by atoms with Crippen molar-refractivity contribution < 1.29 is 23.0 Å². The van der Waals surface area contributed by atoms with Gasteiger partial charge in [0.1, 0.15) is 29.4 Å². The maximum Gasteiger partial charge on any atom is 0.221 e. The van der Waals surface area contributed by atoms with Crippen molar-refractivity contribution in [2.75, 3.05) is 7.05 Å². The molecule has 0 amide bonds. The Labute approximate surface area is 259 Å². The molecule has 0 bridgehead atoms. The van der Waals surface area contributed by atoms with Gasteiger partial charge in [-0.3, -0.25) is 4.98 Å². The Morgan fingerprint density at radius 3 is 2.40 bits per heavy atom. The van der Waals surface area contributed by atoms with E-state index >= 15 is 0 Å². The number of rotatable bonds is 9. The highest BCUT2D eigenvalue weighted by atomic mass is 79.9. The SMILES string of the molecule is CN(Cc1ccccc1)S(=O)(=O)[C@H]1[C@@H](c2ccccc2)CC2O[C@@H]2[C@]1(O)c1ncc(Cl)cc1OCc1ccc(Br)cc1. The van der Waals surface area contributed by atoms with Gasteiger partial charge in [-0.1, -0.05) is 100 Å². The normalized spacial score (nSPS) is 25.2. The van der Waals surface area contributed by atoms with Crippen molar-refractivity contribution in [3.05, 3.63) is 129 Å². The molecule has 3 aromatic carbocycles. The molecule has 1 saturated carbocycles. The van der Waals surface area contributed by atoms with Crippen molar-refractivity contribution in [3.63, 3.8) is 0 Å².